The molecule has 0 saturated heterocycles. The molecular weight excluding hydrogens is 292 g/mol. The summed E-state index contributed by atoms with van der Waals surface area (Å²) in [6.45, 7) is 10.3. The van der Waals surface area contributed by atoms with Crippen LogP contribution in [-0.2, 0) is 12.0 Å². The second-order valence-electron chi connectivity index (χ2n) is 7.07. The van der Waals surface area contributed by atoms with E-state index in [2.05, 4.69) is 43.7 Å². The summed E-state index contributed by atoms with van der Waals surface area (Å²) in [5.74, 6) is 0.930. The molecule has 2 N–H and O–H groups in total. The second-order valence-corrected chi connectivity index (χ2v) is 7.93. The molecule has 1 aliphatic carbocycles. The summed E-state index contributed by atoms with van der Waals surface area (Å²) in [4.78, 5) is 9.43. The van der Waals surface area contributed by atoms with E-state index < -0.39 is 0 Å². The van der Waals surface area contributed by atoms with Crippen LogP contribution in [0.4, 0.5) is 0 Å². The number of aromatic nitrogens is 1. The highest BCUT2D eigenvalue weighted by Gasteiger charge is 2.18. The maximum atomic E-state index is 4.72. The molecule has 1 saturated carbocycles. The lowest BCUT2D eigenvalue weighted by Gasteiger charge is -2.24. The van der Waals surface area contributed by atoms with E-state index in [1.807, 2.05) is 0 Å². The summed E-state index contributed by atoms with van der Waals surface area (Å²) in [5.41, 5.74) is 1.19. The first-order valence-corrected chi connectivity index (χ1v) is 9.36. The lowest BCUT2D eigenvalue weighted by atomic mass is 9.96. The van der Waals surface area contributed by atoms with Crippen LogP contribution in [0.15, 0.2) is 10.4 Å². The summed E-state index contributed by atoms with van der Waals surface area (Å²) in [6, 6.07) is 0.576. The summed E-state index contributed by atoms with van der Waals surface area (Å²) in [7, 11) is 0. The maximum Gasteiger partial charge on any atom is 0.191 e. The Balaban J connectivity index is 1.95. The van der Waals surface area contributed by atoms with Crippen molar-refractivity contribution in [2.45, 2.75) is 77.8 Å². The standard InChI is InChI=1S/C17H30N4S/c1-5-18-16(21-13-9-7-6-8-10-13)19-11-14-12-22-15(20-14)17(2,3)4/h12-13H,5-11H2,1-4H3,(H2,18,19,21). The van der Waals surface area contributed by atoms with Crippen molar-refractivity contribution >= 4 is 17.3 Å². The van der Waals surface area contributed by atoms with Crippen molar-refractivity contribution in [3.8, 4) is 0 Å². The molecule has 124 valence electrons. The van der Waals surface area contributed by atoms with Crippen LogP contribution in [0.5, 0.6) is 0 Å². The van der Waals surface area contributed by atoms with Crippen molar-refractivity contribution in [1.82, 2.24) is 15.6 Å². The van der Waals surface area contributed by atoms with Crippen molar-refractivity contribution in [3.63, 3.8) is 0 Å². The van der Waals surface area contributed by atoms with Gasteiger partial charge in [-0.3, -0.25) is 0 Å². The van der Waals surface area contributed by atoms with E-state index in [1.165, 1.54) is 37.1 Å². The topological polar surface area (TPSA) is 49.3 Å². The molecule has 5 heteroatoms. The Labute approximate surface area is 138 Å². The number of guanidine groups is 1. The molecule has 1 aliphatic rings. The zero-order valence-electron chi connectivity index (χ0n) is 14.4. The number of hydrogen-bond acceptors (Lipinski definition) is 3. The molecule has 0 aliphatic heterocycles. The van der Waals surface area contributed by atoms with Gasteiger partial charge in [0.1, 0.15) is 0 Å². The van der Waals surface area contributed by atoms with Crippen molar-refractivity contribution < 1.29 is 0 Å². The number of nitrogens with zero attached hydrogens (tertiary/aromatic N) is 2. The molecule has 0 unspecified atom stereocenters. The Morgan fingerprint density at radius 3 is 2.64 bits per heavy atom. The van der Waals surface area contributed by atoms with Gasteiger partial charge >= 0.3 is 0 Å². The molecule has 1 aromatic heterocycles. The highest BCUT2D eigenvalue weighted by Crippen LogP contribution is 2.25. The van der Waals surface area contributed by atoms with E-state index >= 15 is 0 Å². The van der Waals surface area contributed by atoms with Crippen molar-refractivity contribution in [2.75, 3.05) is 6.54 Å². The van der Waals surface area contributed by atoms with Gasteiger partial charge in [-0.25, -0.2) is 9.98 Å². The monoisotopic (exact) mass is 322 g/mol. The minimum absolute atomic E-state index is 0.122. The summed E-state index contributed by atoms with van der Waals surface area (Å²) >= 11 is 1.74. The number of nitrogens with one attached hydrogen (secondary N) is 2. The third kappa shape index (κ3) is 5.27. The average Bonchev–Trinajstić information content (AvgIpc) is 2.95. The van der Waals surface area contributed by atoms with Crippen LogP contribution in [0.1, 0.15) is 70.5 Å². The van der Waals surface area contributed by atoms with Crippen LogP contribution >= 0.6 is 11.3 Å². The lowest BCUT2D eigenvalue weighted by Crippen LogP contribution is -2.44. The van der Waals surface area contributed by atoms with Gasteiger partial charge in [-0.2, -0.15) is 0 Å². The quantitative estimate of drug-likeness (QED) is 0.654. The van der Waals surface area contributed by atoms with Crippen LogP contribution < -0.4 is 10.6 Å². The molecule has 4 nitrogen and oxygen atoms in total. The maximum absolute atomic E-state index is 4.72. The molecule has 1 heterocycles. The van der Waals surface area contributed by atoms with Gasteiger partial charge < -0.3 is 10.6 Å². The molecule has 0 bridgehead atoms. The van der Waals surface area contributed by atoms with Gasteiger partial charge in [0.2, 0.25) is 0 Å². The summed E-state index contributed by atoms with van der Waals surface area (Å²) < 4.78 is 0. The first kappa shape index (κ1) is 17.3. The van der Waals surface area contributed by atoms with Gasteiger partial charge in [-0.05, 0) is 19.8 Å². The predicted molar refractivity (Wildman–Crippen MR) is 95.6 cm³/mol. The van der Waals surface area contributed by atoms with E-state index in [9.17, 15) is 0 Å². The zero-order chi connectivity index (χ0) is 16.0. The van der Waals surface area contributed by atoms with E-state index in [-0.39, 0.29) is 5.41 Å². The average molecular weight is 323 g/mol. The van der Waals surface area contributed by atoms with E-state index in [4.69, 9.17) is 9.98 Å². The molecule has 0 amide bonds. The fourth-order valence-electron chi connectivity index (χ4n) is 2.64. The minimum Gasteiger partial charge on any atom is -0.357 e. The normalized spacial score (nSPS) is 17.5. The second kappa shape index (κ2) is 7.95. The summed E-state index contributed by atoms with van der Waals surface area (Å²) in [5, 5.41) is 10.2. The summed E-state index contributed by atoms with van der Waals surface area (Å²) in [6.07, 6.45) is 6.56. The molecule has 0 spiro atoms. The van der Waals surface area contributed by atoms with Crippen LogP contribution in [0.2, 0.25) is 0 Å². The molecule has 1 aromatic rings. The fourth-order valence-corrected chi connectivity index (χ4v) is 3.54. The minimum atomic E-state index is 0.122. The molecule has 0 atom stereocenters. The highest BCUT2D eigenvalue weighted by atomic mass is 32.1. The van der Waals surface area contributed by atoms with Crippen molar-refractivity contribution in [1.29, 1.82) is 0 Å². The number of thiazole rings is 1. The Morgan fingerprint density at radius 1 is 1.32 bits per heavy atom. The Bertz CT molecular complexity index is 481. The van der Waals surface area contributed by atoms with Crippen LogP contribution in [0, 0.1) is 0 Å². The van der Waals surface area contributed by atoms with Gasteiger partial charge in [0.15, 0.2) is 5.96 Å². The number of rotatable bonds is 4. The largest absolute Gasteiger partial charge is 0.357 e. The predicted octanol–water partition coefficient (Wildman–Crippen LogP) is 3.83. The van der Waals surface area contributed by atoms with Crippen molar-refractivity contribution in [2.24, 2.45) is 4.99 Å². The smallest absolute Gasteiger partial charge is 0.191 e. The van der Waals surface area contributed by atoms with E-state index in [0.29, 0.717) is 12.6 Å². The number of hydrogen-bond donors (Lipinski definition) is 2. The lowest BCUT2D eigenvalue weighted by molar-refractivity contribution is 0.410. The first-order chi connectivity index (χ1) is 10.5. The van der Waals surface area contributed by atoms with Crippen molar-refractivity contribution in [3.05, 3.63) is 16.1 Å². The van der Waals surface area contributed by atoms with Gasteiger partial charge in [-0.1, -0.05) is 40.0 Å². The van der Waals surface area contributed by atoms with Crippen LogP contribution in [0.25, 0.3) is 0 Å². The van der Waals surface area contributed by atoms with E-state index in [0.717, 1.165) is 18.2 Å². The van der Waals surface area contributed by atoms with Gasteiger partial charge in [0, 0.05) is 23.4 Å². The molecule has 2 rings (SSSR count). The molecule has 0 radical (unpaired) electrons. The SMILES string of the molecule is CCNC(=NCc1csc(C(C)(C)C)n1)NC1CCCCC1. The molecule has 0 aromatic carbocycles. The van der Waals surface area contributed by atoms with Crippen LogP contribution in [0.3, 0.4) is 0 Å². The Morgan fingerprint density at radius 2 is 2.05 bits per heavy atom. The van der Waals surface area contributed by atoms with Gasteiger partial charge in [0.05, 0.1) is 17.2 Å². The Kier molecular flexibility index (Phi) is 6.24. The third-order valence-corrected chi connectivity index (χ3v) is 5.20. The van der Waals surface area contributed by atoms with E-state index in [1.54, 1.807) is 11.3 Å². The third-order valence-electron chi connectivity index (χ3n) is 3.88. The molecular formula is C17H30N4S. The fraction of sp³-hybridized carbons (Fsp3) is 0.765. The highest BCUT2D eigenvalue weighted by molar-refractivity contribution is 7.09. The molecule has 1 fully saturated rings. The van der Waals surface area contributed by atoms with Gasteiger partial charge in [0.25, 0.3) is 0 Å². The van der Waals surface area contributed by atoms with Gasteiger partial charge in [-0.15, -0.1) is 11.3 Å². The molecule has 22 heavy (non-hydrogen) atoms. The zero-order valence-corrected chi connectivity index (χ0v) is 15.2. The van der Waals surface area contributed by atoms with Crippen LogP contribution in [-0.4, -0.2) is 23.5 Å². The first-order valence-electron chi connectivity index (χ1n) is 8.48. The Hall–Kier alpha value is -1.10. The number of aliphatic imine (C=N–C) groups is 1.